The highest BCUT2D eigenvalue weighted by molar-refractivity contribution is 5.93. The topological polar surface area (TPSA) is 115 Å². The first-order chi connectivity index (χ1) is 19.8. The highest BCUT2D eigenvalue weighted by atomic mass is 19.1. The van der Waals surface area contributed by atoms with E-state index in [4.69, 9.17) is 9.47 Å². The Kier molecular flexibility index (Phi) is 7.72. The molecular weight excluding hydrogens is 546 g/mol. The molecule has 1 atom stereocenters. The van der Waals surface area contributed by atoms with Crippen LogP contribution in [0, 0.1) is 25.5 Å². The van der Waals surface area contributed by atoms with Gasteiger partial charge in [0.15, 0.2) is 29.0 Å². The van der Waals surface area contributed by atoms with Crippen molar-refractivity contribution in [1.29, 1.82) is 0 Å². The van der Waals surface area contributed by atoms with Crippen LogP contribution in [0.4, 0.5) is 8.78 Å². The smallest absolute Gasteiger partial charge is 0.337 e. The molecule has 0 spiro atoms. The predicted octanol–water partition coefficient (Wildman–Crippen LogP) is 5.49. The maximum atomic E-state index is 15.5. The zero-order valence-electron chi connectivity index (χ0n) is 24.0. The first-order valence-electron chi connectivity index (χ1n) is 13.6. The number of ether oxygens (including phenoxy) is 2. The lowest BCUT2D eigenvalue weighted by Crippen LogP contribution is -2.29. The van der Waals surface area contributed by atoms with Crippen LogP contribution in [0.3, 0.4) is 0 Å². The van der Waals surface area contributed by atoms with Gasteiger partial charge in [0.05, 0.1) is 17.9 Å². The van der Waals surface area contributed by atoms with Crippen molar-refractivity contribution in [3.05, 3.63) is 81.7 Å². The summed E-state index contributed by atoms with van der Waals surface area (Å²) in [6.45, 7) is 9.23. The number of rotatable bonds is 7. The van der Waals surface area contributed by atoms with Gasteiger partial charge in [0, 0.05) is 35.0 Å². The van der Waals surface area contributed by atoms with E-state index in [1.54, 1.807) is 39.8 Å². The lowest BCUT2D eigenvalue weighted by atomic mass is 9.91. The molecule has 0 aliphatic carbocycles. The van der Waals surface area contributed by atoms with Crippen molar-refractivity contribution in [2.75, 3.05) is 6.61 Å². The van der Waals surface area contributed by atoms with E-state index in [0.29, 0.717) is 47.4 Å². The Bertz CT molecular complexity index is 1690. The van der Waals surface area contributed by atoms with Crippen LogP contribution in [0.5, 0.6) is 5.75 Å². The van der Waals surface area contributed by atoms with Crippen LogP contribution in [0.2, 0.25) is 0 Å². The highest BCUT2D eigenvalue weighted by Crippen LogP contribution is 2.41. The summed E-state index contributed by atoms with van der Waals surface area (Å²) < 4.78 is 41.7. The fourth-order valence-corrected chi connectivity index (χ4v) is 5.18. The number of aryl methyl sites for hydroxylation is 1. The summed E-state index contributed by atoms with van der Waals surface area (Å²) in [7, 11) is 0. The first-order valence-corrected chi connectivity index (χ1v) is 13.6. The Labute approximate surface area is 241 Å². The Morgan fingerprint density at radius 3 is 2.55 bits per heavy atom. The van der Waals surface area contributed by atoms with Gasteiger partial charge in [0.1, 0.15) is 5.82 Å². The number of carbonyl (C=O) groups excluding carboxylic acids is 1. The van der Waals surface area contributed by atoms with Gasteiger partial charge in [-0.2, -0.15) is 5.10 Å². The molecule has 2 N–H and O–H groups in total. The molecule has 0 bridgehead atoms. The molecular formula is C31H32F2N4O5. The SMILES string of the molecule is Cc1nc2cc(C(=O)NCc3ccc(F)cc3)nn2c(-c2cc(F)c3c(c2C)CCCO3)c1C(OC(C)(C)C)C(=O)O. The fraction of sp³-hybridized carbons (Fsp3) is 0.355. The molecule has 0 saturated heterocycles. The number of carbonyl (C=O) groups is 2. The molecule has 3 heterocycles. The number of nitrogens with zero attached hydrogens (tertiary/aromatic N) is 3. The number of aromatic nitrogens is 3. The largest absolute Gasteiger partial charge is 0.490 e. The van der Waals surface area contributed by atoms with E-state index in [2.05, 4.69) is 15.4 Å². The van der Waals surface area contributed by atoms with Gasteiger partial charge in [-0.1, -0.05) is 12.1 Å². The summed E-state index contributed by atoms with van der Waals surface area (Å²) in [5.41, 5.74) is 2.72. The summed E-state index contributed by atoms with van der Waals surface area (Å²) in [5, 5.41) is 17.6. The summed E-state index contributed by atoms with van der Waals surface area (Å²) in [4.78, 5) is 30.3. The molecule has 0 radical (unpaired) electrons. The predicted molar refractivity (Wildman–Crippen MR) is 150 cm³/mol. The molecule has 0 saturated carbocycles. The van der Waals surface area contributed by atoms with E-state index in [1.807, 2.05) is 6.92 Å². The molecule has 1 unspecified atom stereocenters. The monoisotopic (exact) mass is 578 g/mol. The second kappa shape index (κ2) is 11.1. The zero-order chi connectivity index (χ0) is 30.3. The Hall–Kier alpha value is -4.38. The average Bonchev–Trinajstić information content (AvgIpc) is 3.36. The molecule has 9 nitrogen and oxygen atoms in total. The molecule has 5 rings (SSSR count). The number of nitrogens with one attached hydrogen (secondary N) is 1. The maximum Gasteiger partial charge on any atom is 0.337 e. The van der Waals surface area contributed by atoms with E-state index in [0.717, 1.165) is 0 Å². The van der Waals surface area contributed by atoms with Gasteiger partial charge in [0.2, 0.25) is 0 Å². The maximum absolute atomic E-state index is 15.5. The second-order valence-corrected chi connectivity index (χ2v) is 11.3. The van der Waals surface area contributed by atoms with Crippen molar-refractivity contribution in [3.8, 4) is 17.0 Å². The van der Waals surface area contributed by atoms with Gasteiger partial charge in [0.25, 0.3) is 5.91 Å². The molecule has 1 amide bonds. The number of halogens is 2. The van der Waals surface area contributed by atoms with E-state index in [9.17, 15) is 19.1 Å². The third-order valence-electron chi connectivity index (χ3n) is 7.08. The van der Waals surface area contributed by atoms with Crippen LogP contribution >= 0.6 is 0 Å². The number of hydrogen-bond acceptors (Lipinski definition) is 6. The van der Waals surface area contributed by atoms with Gasteiger partial charge in [-0.05, 0) is 76.8 Å². The molecule has 42 heavy (non-hydrogen) atoms. The molecule has 1 aliphatic heterocycles. The van der Waals surface area contributed by atoms with Crippen LogP contribution in [0.15, 0.2) is 36.4 Å². The third-order valence-corrected chi connectivity index (χ3v) is 7.08. The molecule has 220 valence electrons. The van der Waals surface area contributed by atoms with E-state index >= 15 is 4.39 Å². The van der Waals surface area contributed by atoms with Crippen LogP contribution in [0.25, 0.3) is 16.9 Å². The number of carboxylic acid groups (broad SMARTS) is 1. The normalized spacial score (nSPS) is 13.9. The highest BCUT2D eigenvalue weighted by Gasteiger charge is 2.35. The zero-order valence-corrected chi connectivity index (χ0v) is 24.0. The molecule has 1 aliphatic rings. The van der Waals surface area contributed by atoms with Crippen molar-refractivity contribution in [1.82, 2.24) is 19.9 Å². The number of hydrogen-bond donors (Lipinski definition) is 2. The van der Waals surface area contributed by atoms with Gasteiger partial charge < -0.3 is 19.9 Å². The van der Waals surface area contributed by atoms with E-state index in [-0.39, 0.29) is 40.7 Å². The van der Waals surface area contributed by atoms with E-state index in [1.165, 1.54) is 28.8 Å². The van der Waals surface area contributed by atoms with Gasteiger partial charge in [-0.25, -0.2) is 23.1 Å². The second-order valence-electron chi connectivity index (χ2n) is 11.3. The fourth-order valence-electron chi connectivity index (χ4n) is 5.18. The van der Waals surface area contributed by atoms with Gasteiger partial charge >= 0.3 is 5.97 Å². The minimum absolute atomic E-state index is 0.0189. The number of aliphatic carboxylic acids is 1. The summed E-state index contributed by atoms with van der Waals surface area (Å²) in [6, 6.07) is 8.52. The number of benzene rings is 2. The Balaban J connectivity index is 1.70. The lowest BCUT2D eigenvalue weighted by molar-refractivity contribution is -0.160. The van der Waals surface area contributed by atoms with Crippen molar-refractivity contribution < 1.29 is 33.0 Å². The summed E-state index contributed by atoms with van der Waals surface area (Å²) >= 11 is 0. The number of amides is 1. The minimum atomic E-state index is -1.47. The Morgan fingerprint density at radius 2 is 1.88 bits per heavy atom. The molecule has 2 aromatic heterocycles. The van der Waals surface area contributed by atoms with Crippen molar-refractivity contribution in [3.63, 3.8) is 0 Å². The molecule has 0 fully saturated rings. The summed E-state index contributed by atoms with van der Waals surface area (Å²) in [5.74, 6) is -2.54. The average molecular weight is 579 g/mol. The van der Waals surface area contributed by atoms with Crippen molar-refractivity contribution in [2.24, 2.45) is 0 Å². The first kappa shape index (κ1) is 29.1. The van der Waals surface area contributed by atoms with Crippen molar-refractivity contribution in [2.45, 2.75) is 65.7 Å². The van der Waals surface area contributed by atoms with Gasteiger partial charge in [-0.15, -0.1) is 0 Å². The van der Waals surface area contributed by atoms with Crippen LogP contribution in [0.1, 0.15) is 71.7 Å². The van der Waals surface area contributed by atoms with Crippen LogP contribution in [-0.4, -0.2) is 43.8 Å². The molecule has 11 heteroatoms. The number of carboxylic acids is 1. The lowest BCUT2D eigenvalue weighted by Gasteiger charge is -2.28. The quantitative estimate of drug-likeness (QED) is 0.298. The molecule has 4 aromatic rings. The van der Waals surface area contributed by atoms with Gasteiger partial charge in [-0.3, -0.25) is 4.79 Å². The van der Waals surface area contributed by atoms with Crippen molar-refractivity contribution >= 4 is 17.5 Å². The molecule has 2 aromatic carbocycles. The standard InChI is InChI=1S/C31H32F2N4O5/c1-16-20-7-6-12-41-27(20)22(33)13-21(16)26-25(28(30(39)40)42-31(3,4)5)17(2)35-24-14-23(36-37(24)26)29(38)34-15-18-8-10-19(32)11-9-18/h8-11,13-14,28H,6-7,12,15H2,1-5H3,(H,34,38)(H,39,40). The van der Waals surface area contributed by atoms with Crippen LogP contribution in [-0.2, 0) is 22.5 Å². The summed E-state index contributed by atoms with van der Waals surface area (Å²) in [6.07, 6.45) is -0.170. The van der Waals surface area contributed by atoms with E-state index < -0.39 is 29.4 Å². The van der Waals surface area contributed by atoms with Crippen LogP contribution < -0.4 is 10.1 Å². The minimum Gasteiger partial charge on any atom is -0.490 e. The third kappa shape index (κ3) is 5.69. The number of fused-ring (bicyclic) bond motifs is 2. The Morgan fingerprint density at radius 1 is 1.17 bits per heavy atom.